The van der Waals surface area contributed by atoms with E-state index in [2.05, 4.69) is 31.2 Å². The highest BCUT2D eigenvalue weighted by atomic mass is 16.5. The van der Waals surface area contributed by atoms with Crippen molar-refractivity contribution in [3.63, 3.8) is 0 Å². The van der Waals surface area contributed by atoms with Crippen LogP contribution in [-0.4, -0.2) is 12.7 Å². The average Bonchev–Trinajstić information content (AvgIpc) is 2.34. The summed E-state index contributed by atoms with van der Waals surface area (Å²) in [5.74, 6) is 0.795. The minimum atomic E-state index is -0.00890. The first-order chi connectivity index (χ1) is 8.76. The van der Waals surface area contributed by atoms with E-state index in [1.807, 2.05) is 6.92 Å². The molecule has 0 aliphatic heterocycles. The Balaban J connectivity index is 2.03. The molecule has 18 heavy (non-hydrogen) atoms. The van der Waals surface area contributed by atoms with Gasteiger partial charge in [-0.05, 0) is 43.2 Å². The molecule has 1 aliphatic carbocycles. The smallest absolute Gasteiger partial charge is 0.0764 e. The van der Waals surface area contributed by atoms with Crippen LogP contribution in [-0.2, 0) is 4.74 Å². The van der Waals surface area contributed by atoms with E-state index in [0.717, 1.165) is 18.9 Å². The van der Waals surface area contributed by atoms with E-state index in [0.29, 0.717) is 0 Å². The monoisotopic (exact) mass is 247 g/mol. The van der Waals surface area contributed by atoms with Crippen LogP contribution < -0.4 is 5.73 Å². The van der Waals surface area contributed by atoms with Crippen molar-refractivity contribution in [3.8, 4) is 0 Å². The van der Waals surface area contributed by atoms with E-state index in [9.17, 15) is 0 Å². The van der Waals surface area contributed by atoms with Gasteiger partial charge in [0.2, 0.25) is 0 Å². The summed E-state index contributed by atoms with van der Waals surface area (Å²) < 4.78 is 5.69. The molecule has 2 atom stereocenters. The standard InChI is InChI=1S/C16H25NO/c1-3-15(18-4-2)16(17)14-10-8-13(9-11-14)12-6-5-7-12/h8-12,15-16H,3-7,17H2,1-2H3. The lowest BCUT2D eigenvalue weighted by molar-refractivity contribution is 0.0413. The first kappa shape index (κ1) is 13.6. The van der Waals surface area contributed by atoms with Gasteiger partial charge in [0, 0.05) is 6.61 Å². The minimum absolute atomic E-state index is 0.00890. The maximum absolute atomic E-state index is 6.28. The molecule has 2 N–H and O–H groups in total. The molecule has 0 amide bonds. The lowest BCUT2D eigenvalue weighted by atomic mass is 9.79. The number of ether oxygens (including phenoxy) is 1. The van der Waals surface area contributed by atoms with E-state index >= 15 is 0 Å². The fraction of sp³-hybridized carbons (Fsp3) is 0.625. The van der Waals surface area contributed by atoms with E-state index < -0.39 is 0 Å². The third-order valence-corrected chi connectivity index (χ3v) is 4.08. The third kappa shape index (κ3) is 2.93. The maximum atomic E-state index is 6.28. The molecule has 1 saturated carbocycles. The van der Waals surface area contributed by atoms with Crippen molar-refractivity contribution in [2.24, 2.45) is 5.73 Å². The van der Waals surface area contributed by atoms with E-state index in [1.165, 1.54) is 30.4 Å². The molecular formula is C16H25NO. The first-order valence-electron chi connectivity index (χ1n) is 7.23. The van der Waals surface area contributed by atoms with Crippen molar-refractivity contribution in [1.82, 2.24) is 0 Å². The Morgan fingerprint density at radius 3 is 2.33 bits per heavy atom. The van der Waals surface area contributed by atoms with Gasteiger partial charge < -0.3 is 10.5 Å². The molecule has 2 heteroatoms. The summed E-state index contributed by atoms with van der Waals surface area (Å²) in [6.45, 7) is 4.88. The van der Waals surface area contributed by atoms with Crippen LogP contribution in [0.4, 0.5) is 0 Å². The molecule has 2 unspecified atom stereocenters. The summed E-state index contributed by atoms with van der Waals surface area (Å²) in [4.78, 5) is 0. The van der Waals surface area contributed by atoms with Crippen LogP contribution in [0.2, 0.25) is 0 Å². The molecule has 0 bridgehead atoms. The van der Waals surface area contributed by atoms with Crippen molar-refractivity contribution >= 4 is 0 Å². The predicted octanol–water partition coefficient (Wildman–Crippen LogP) is 3.77. The zero-order valence-electron chi connectivity index (χ0n) is 11.6. The Hall–Kier alpha value is -0.860. The van der Waals surface area contributed by atoms with Crippen LogP contribution in [0.3, 0.4) is 0 Å². The fourth-order valence-corrected chi connectivity index (χ4v) is 2.64. The fourth-order valence-electron chi connectivity index (χ4n) is 2.64. The molecule has 1 aliphatic rings. The third-order valence-electron chi connectivity index (χ3n) is 4.08. The molecule has 0 heterocycles. The molecule has 0 aromatic heterocycles. The van der Waals surface area contributed by atoms with Gasteiger partial charge in [-0.1, -0.05) is 37.6 Å². The molecule has 1 aromatic carbocycles. The van der Waals surface area contributed by atoms with Gasteiger partial charge in [-0.3, -0.25) is 0 Å². The molecule has 2 rings (SSSR count). The summed E-state index contributed by atoms with van der Waals surface area (Å²) in [6, 6.07) is 8.85. The van der Waals surface area contributed by atoms with Gasteiger partial charge in [0.05, 0.1) is 12.1 Å². The molecular weight excluding hydrogens is 222 g/mol. The van der Waals surface area contributed by atoms with Crippen molar-refractivity contribution in [3.05, 3.63) is 35.4 Å². The lowest BCUT2D eigenvalue weighted by Crippen LogP contribution is -2.28. The van der Waals surface area contributed by atoms with Crippen LogP contribution in [0.25, 0.3) is 0 Å². The second-order valence-corrected chi connectivity index (χ2v) is 5.22. The SMILES string of the molecule is CCOC(CC)C(N)c1ccc(C2CCC2)cc1. The van der Waals surface area contributed by atoms with Crippen LogP contribution >= 0.6 is 0 Å². The summed E-state index contributed by atoms with van der Waals surface area (Å²) >= 11 is 0. The van der Waals surface area contributed by atoms with Crippen LogP contribution in [0.5, 0.6) is 0 Å². The quantitative estimate of drug-likeness (QED) is 0.830. The van der Waals surface area contributed by atoms with Gasteiger partial charge in [0.1, 0.15) is 0 Å². The first-order valence-corrected chi connectivity index (χ1v) is 7.23. The number of hydrogen-bond donors (Lipinski definition) is 1. The second-order valence-electron chi connectivity index (χ2n) is 5.22. The van der Waals surface area contributed by atoms with E-state index in [-0.39, 0.29) is 12.1 Å². The zero-order valence-corrected chi connectivity index (χ0v) is 11.6. The topological polar surface area (TPSA) is 35.2 Å². The second kappa shape index (κ2) is 6.35. The van der Waals surface area contributed by atoms with E-state index in [4.69, 9.17) is 10.5 Å². The highest BCUT2D eigenvalue weighted by molar-refractivity contribution is 5.28. The summed E-state index contributed by atoms with van der Waals surface area (Å²) in [5.41, 5.74) is 8.95. The van der Waals surface area contributed by atoms with Crippen molar-refractivity contribution in [2.75, 3.05) is 6.61 Å². The van der Waals surface area contributed by atoms with Gasteiger partial charge in [-0.15, -0.1) is 0 Å². The van der Waals surface area contributed by atoms with Gasteiger partial charge >= 0.3 is 0 Å². The summed E-state index contributed by atoms with van der Waals surface area (Å²) in [7, 11) is 0. The molecule has 0 spiro atoms. The minimum Gasteiger partial charge on any atom is -0.377 e. The van der Waals surface area contributed by atoms with Crippen LogP contribution in [0, 0.1) is 0 Å². The highest BCUT2D eigenvalue weighted by Crippen LogP contribution is 2.36. The number of hydrogen-bond acceptors (Lipinski definition) is 2. The number of rotatable bonds is 6. The van der Waals surface area contributed by atoms with Gasteiger partial charge in [-0.25, -0.2) is 0 Å². The Kier molecular flexibility index (Phi) is 4.79. The lowest BCUT2D eigenvalue weighted by Gasteiger charge is -2.27. The van der Waals surface area contributed by atoms with Crippen LogP contribution in [0.15, 0.2) is 24.3 Å². The van der Waals surface area contributed by atoms with Gasteiger partial charge in [-0.2, -0.15) is 0 Å². The molecule has 0 saturated heterocycles. The van der Waals surface area contributed by atoms with Crippen LogP contribution in [0.1, 0.15) is 62.6 Å². The summed E-state index contributed by atoms with van der Waals surface area (Å²) in [5, 5.41) is 0. The molecule has 2 nitrogen and oxygen atoms in total. The van der Waals surface area contributed by atoms with Crippen molar-refractivity contribution in [2.45, 2.75) is 57.6 Å². The number of nitrogens with two attached hydrogens (primary N) is 1. The molecule has 0 radical (unpaired) electrons. The Morgan fingerprint density at radius 2 is 1.89 bits per heavy atom. The Morgan fingerprint density at radius 1 is 1.22 bits per heavy atom. The molecule has 1 aromatic rings. The molecule has 1 fully saturated rings. The Labute approximate surface area is 111 Å². The highest BCUT2D eigenvalue weighted by Gasteiger charge is 2.21. The average molecular weight is 247 g/mol. The number of benzene rings is 1. The van der Waals surface area contributed by atoms with E-state index in [1.54, 1.807) is 0 Å². The predicted molar refractivity (Wildman–Crippen MR) is 75.7 cm³/mol. The maximum Gasteiger partial charge on any atom is 0.0764 e. The van der Waals surface area contributed by atoms with Crippen molar-refractivity contribution < 1.29 is 4.74 Å². The zero-order chi connectivity index (χ0) is 13.0. The summed E-state index contributed by atoms with van der Waals surface area (Å²) in [6.07, 6.45) is 5.17. The molecule has 100 valence electrons. The largest absolute Gasteiger partial charge is 0.377 e. The van der Waals surface area contributed by atoms with Crippen molar-refractivity contribution in [1.29, 1.82) is 0 Å². The van der Waals surface area contributed by atoms with Gasteiger partial charge in [0.25, 0.3) is 0 Å². The van der Waals surface area contributed by atoms with Gasteiger partial charge in [0.15, 0.2) is 0 Å². The Bertz CT molecular complexity index is 356. The normalized spacial score (nSPS) is 19.3.